The van der Waals surface area contributed by atoms with Crippen molar-refractivity contribution in [2.45, 2.75) is 12.3 Å². The van der Waals surface area contributed by atoms with Crippen molar-refractivity contribution >= 4 is 34.2 Å². The topological polar surface area (TPSA) is 0 Å². The molecule has 2 heteroatoms. The van der Waals surface area contributed by atoms with Gasteiger partial charge in [-0.3, -0.25) is 0 Å². The molecular weight excluding hydrogens is 331 g/mol. The summed E-state index contributed by atoms with van der Waals surface area (Å²) < 4.78 is 1.21. The van der Waals surface area contributed by atoms with E-state index in [1.807, 2.05) is 12.1 Å². The van der Waals surface area contributed by atoms with Crippen LogP contribution in [-0.4, -0.2) is 0 Å². The molecule has 0 spiro atoms. The fraction of sp³-hybridized carbons (Fsp3) is 0.143. The van der Waals surface area contributed by atoms with Crippen molar-refractivity contribution in [2.75, 3.05) is 0 Å². The van der Waals surface area contributed by atoms with Gasteiger partial charge in [-0.25, -0.2) is 0 Å². The third-order valence-corrected chi connectivity index (χ3v) is 4.02. The van der Waals surface area contributed by atoms with Gasteiger partial charge in [-0.05, 0) is 46.7 Å². The minimum absolute atomic E-state index is 0.0614. The lowest BCUT2D eigenvalue weighted by Crippen LogP contribution is -1.95. The summed E-state index contributed by atoms with van der Waals surface area (Å²) in [5, 5.41) is -0.0614. The molecule has 0 radical (unpaired) electrons. The van der Waals surface area contributed by atoms with E-state index in [2.05, 4.69) is 65.9 Å². The SMILES string of the molecule is Cc1ccc(C(Cl)c2ccccc2I)cc1. The van der Waals surface area contributed by atoms with Crippen LogP contribution in [0.15, 0.2) is 48.5 Å². The number of hydrogen-bond acceptors (Lipinski definition) is 0. The zero-order valence-corrected chi connectivity index (χ0v) is 11.9. The molecule has 2 aromatic rings. The first-order valence-electron chi connectivity index (χ1n) is 5.13. The molecule has 1 unspecified atom stereocenters. The Kier molecular flexibility index (Phi) is 3.87. The Hall–Kier alpha value is -0.540. The minimum atomic E-state index is -0.0614. The van der Waals surface area contributed by atoms with Gasteiger partial charge in [0, 0.05) is 3.57 Å². The fourth-order valence-electron chi connectivity index (χ4n) is 1.60. The van der Waals surface area contributed by atoms with E-state index < -0.39 is 0 Å². The van der Waals surface area contributed by atoms with E-state index in [1.54, 1.807) is 0 Å². The molecule has 0 bridgehead atoms. The predicted octanol–water partition coefficient (Wildman–Crippen LogP) is 4.93. The van der Waals surface area contributed by atoms with E-state index in [1.165, 1.54) is 14.7 Å². The molecule has 0 aliphatic heterocycles. The second-order valence-corrected chi connectivity index (χ2v) is 5.39. The van der Waals surface area contributed by atoms with Gasteiger partial charge in [-0.1, -0.05) is 48.0 Å². The van der Waals surface area contributed by atoms with Gasteiger partial charge in [0.15, 0.2) is 0 Å². The Morgan fingerprint density at radius 1 is 1.00 bits per heavy atom. The fourth-order valence-corrected chi connectivity index (χ4v) is 2.81. The standard InChI is InChI=1S/C14H12ClI/c1-10-6-8-11(9-7-10)14(15)12-4-2-3-5-13(12)16/h2-9,14H,1H3. The van der Waals surface area contributed by atoms with Gasteiger partial charge in [0.05, 0.1) is 5.38 Å². The van der Waals surface area contributed by atoms with Crippen LogP contribution < -0.4 is 0 Å². The average molecular weight is 343 g/mol. The van der Waals surface area contributed by atoms with Crippen LogP contribution in [0.5, 0.6) is 0 Å². The lowest BCUT2D eigenvalue weighted by atomic mass is 10.0. The lowest BCUT2D eigenvalue weighted by molar-refractivity contribution is 1.12. The Balaban J connectivity index is 2.35. The van der Waals surface area contributed by atoms with Crippen molar-refractivity contribution in [3.05, 3.63) is 68.8 Å². The molecule has 2 aromatic carbocycles. The number of rotatable bonds is 2. The molecular formula is C14H12ClI. The number of aryl methyl sites for hydroxylation is 1. The molecule has 0 fully saturated rings. The van der Waals surface area contributed by atoms with Gasteiger partial charge >= 0.3 is 0 Å². The van der Waals surface area contributed by atoms with Crippen LogP contribution in [0.2, 0.25) is 0 Å². The van der Waals surface area contributed by atoms with Crippen LogP contribution >= 0.6 is 34.2 Å². The number of hydrogen-bond donors (Lipinski definition) is 0. The summed E-state index contributed by atoms with van der Waals surface area (Å²) in [5.74, 6) is 0. The maximum absolute atomic E-state index is 6.48. The second kappa shape index (κ2) is 5.19. The average Bonchev–Trinajstić information content (AvgIpc) is 2.30. The second-order valence-electron chi connectivity index (χ2n) is 3.79. The van der Waals surface area contributed by atoms with Gasteiger partial charge in [0.2, 0.25) is 0 Å². The normalized spacial score (nSPS) is 12.4. The van der Waals surface area contributed by atoms with Crippen LogP contribution in [0.4, 0.5) is 0 Å². The van der Waals surface area contributed by atoms with Crippen molar-refractivity contribution in [3.63, 3.8) is 0 Å². The van der Waals surface area contributed by atoms with Crippen LogP contribution in [-0.2, 0) is 0 Å². The Labute approximate surface area is 115 Å². The van der Waals surface area contributed by atoms with Gasteiger partial charge in [-0.15, -0.1) is 11.6 Å². The first kappa shape index (κ1) is 11.9. The molecule has 0 N–H and O–H groups in total. The molecule has 0 saturated carbocycles. The highest BCUT2D eigenvalue weighted by molar-refractivity contribution is 14.1. The number of halogens is 2. The van der Waals surface area contributed by atoms with Crippen molar-refractivity contribution in [3.8, 4) is 0 Å². The van der Waals surface area contributed by atoms with Gasteiger partial charge in [-0.2, -0.15) is 0 Å². The predicted molar refractivity (Wildman–Crippen MR) is 78.0 cm³/mol. The molecule has 0 saturated heterocycles. The highest BCUT2D eigenvalue weighted by atomic mass is 127. The van der Waals surface area contributed by atoms with Crippen molar-refractivity contribution in [1.29, 1.82) is 0 Å². The van der Waals surface area contributed by atoms with Crippen molar-refractivity contribution in [1.82, 2.24) is 0 Å². The summed E-state index contributed by atoms with van der Waals surface area (Å²) in [6, 6.07) is 16.6. The zero-order chi connectivity index (χ0) is 11.5. The molecule has 0 aliphatic carbocycles. The Bertz CT molecular complexity index is 476. The van der Waals surface area contributed by atoms with Crippen LogP contribution in [0.3, 0.4) is 0 Å². The maximum Gasteiger partial charge on any atom is 0.0845 e. The highest BCUT2D eigenvalue weighted by Crippen LogP contribution is 2.31. The summed E-state index contributed by atoms with van der Waals surface area (Å²) in [7, 11) is 0. The van der Waals surface area contributed by atoms with E-state index in [0.29, 0.717) is 0 Å². The Morgan fingerprint density at radius 2 is 1.62 bits per heavy atom. The molecule has 82 valence electrons. The molecule has 0 nitrogen and oxygen atoms in total. The maximum atomic E-state index is 6.48. The summed E-state index contributed by atoms with van der Waals surface area (Å²) >= 11 is 8.81. The molecule has 16 heavy (non-hydrogen) atoms. The molecule has 0 amide bonds. The molecule has 1 atom stereocenters. The van der Waals surface area contributed by atoms with Gasteiger partial charge in [0.25, 0.3) is 0 Å². The van der Waals surface area contributed by atoms with Gasteiger partial charge in [0.1, 0.15) is 0 Å². The summed E-state index contributed by atoms with van der Waals surface area (Å²) in [5.41, 5.74) is 3.58. The molecule has 0 aliphatic rings. The van der Waals surface area contributed by atoms with E-state index in [4.69, 9.17) is 11.6 Å². The van der Waals surface area contributed by atoms with Gasteiger partial charge < -0.3 is 0 Å². The third-order valence-electron chi connectivity index (χ3n) is 2.55. The van der Waals surface area contributed by atoms with Crippen LogP contribution in [0, 0.1) is 10.5 Å². The molecule has 2 rings (SSSR count). The van der Waals surface area contributed by atoms with Crippen molar-refractivity contribution in [2.24, 2.45) is 0 Å². The van der Waals surface area contributed by atoms with Crippen molar-refractivity contribution < 1.29 is 0 Å². The highest BCUT2D eigenvalue weighted by Gasteiger charge is 2.12. The third kappa shape index (κ3) is 2.58. The molecule has 0 heterocycles. The first-order chi connectivity index (χ1) is 7.68. The number of alkyl halides is 1. The van der Waals surface area contributed by atoms with E-state index >= 15 is 0 Å². The van der Waals surface area contributed by atoms with E-state index in [-0.39, 0.29) is 5.38 Å². The quantitative estimate of drug-likeness (QED) is 0.536. The monoisotopic (exact) mass is 342 g/mol. The van der Waals surface area contributed by atoms with Crippen LogP contribution in [0.1, 0.15) is 22.1 Å². The lowest BCUT2D eigenvalue weighted by Gasteiger charge is -2.12. The summed E-state index contributed by atoms with van der Waals surface area (Å²) in [4.78, 5) is 0. The first-order valence-corrected chi connectivity index (χ1v) is 6.65. The minimum Gasteiger partial charge on any atom is -0.113 e. The summed E-state index contributed by atoms with van der Waals surface area (Å²) in [6.07, 6.45) is 0. The number of benzene rings is 2. The Morgan fingerprint density at radius 3 is 2.25 bits per heavy atom. The van der Waals surface area contributed by atoms with E-state index in [9.17, 15) is 0 Å². The van der Waals surface area contributed by atoms with Crippen LogP contribution in [0.25, 0.3) is 0 Å². The zero-order valence-electron chi connectivity index (χ0n) is 8.95. The molecule has 0 aromatic heterocycles. The summed E-state index contributed by atoms with van der Waals surface area (Å²) in [6.45, 7) is 2.08. The smallest absolute Gasteiger partial charge is 0.0845 e. The largest absolute Gasteiger partial charge is 0.113 e. The van der Waals surface area contributed by atoms with E-state index in [0.717, 1.165) is 5.56 Å².